The molecule has 3 aromatic rings. The maximum Gasteiger partial charge on any atom is 0.358 e. The summed E-state index contributed by atoms with van der Waals surface area (Å²) in [5.74, 6) is -0.437. The van der Waals surface area contributed by atoms with Gasteiger partial charge >= 0.3 is 5.97 Å². The van der Waals surface area contributed by atoms with Gasteiger partial charge in [0.1, 0.15) is 10.8 Å². The van der Waals surface area contributed by atoms with Gasteiger partial charge in [-0.1, -0.05) is 0 Å². The number of benzene rings is 2. The van der Waals surface area contributed by atoms with Crippen LogP contribution in [0.25, 0.3) is 10.6 Å². The van der Waals surface area contributed by atoms with Gasteiger partial charge in [0.25, 0.3) is 5.91 Å². The third kappa shape index (κ3) is 4.19. The van der Waals surface area contributed by atoms with E-state index in [0.29, 0.717) is 27.8 Å². The number of halogens is 1. The quantitative estimate of drug-likeness (QED) is 0.638. The Morgan fingerprint density at radius 3 is 2.72 bits per heavy atom. The molecule has 29 heavy (non-hydrogen) atoms. The summed E-state index contributed by atoms with van der Waals surface area (Å²) in [7, 11) is 0. The van der Waals surface area contributed by atoms with Crippen LogP contribution in [0.3, 0.4) is 0 Å². The van der Waals surface area contributed by atoms with Crippen LogP contribution in [0.5, 0.6) is 11.5 Å². The first kappa shape index (κ1) is 18.9. The van der Waals surface area contributed by atoms with Gasteiger partial charge in [0, 0.05) is 22.7 Å². The maximum atomic E-state index is 13.0. The van der Waals surface area contributed by atoms with E-state index in [2.05, 4.69) is 10.3 Å². The number of esters is 1. The maximum absolute atomic E-state index is 13.0. The van der Waals surface area contributed by atoms with Gasteiger partial charge in [-0.3, -0.25) is 4.79 Å². The lowest BCUT2D eigenvalue weighted by Gasteiger charge is -2.13. The Bertz CT molecular complexity index is 1070. The Morgan fingerprint density at radius 2 is 1.93 bits per heavy atom. The van der Waals surface area contributed by atoms with E-state index in [-0.39, 0.29) is 18.3 Å². The van der Waals surface area contributed by atoms with Crippen molar-refractivity contribution in [2.24, 2.45) is 0 Å². The van der Waals surface area contributed by atoms with Crippen LogP contribution in [0.1, 0.15) is 17.4 Å². The number of hydrogen-bond donors (Lipinski definition) is 1. The van der Waals surface area contributed by atoms with Gasteiger partial charge in [-0.15, -0.1) is 11.3 Å². The highest BCUT2D eigenvalue weighted by Crippen LogP contribution is 2.34. The molecular formula is C20H15FN2O5S. The fourth-order valence-corrected chi connectivity index (χ4v) is 3.38. The number of rotatable bonds is 5. The van der Waals surface area contributed by atoms with Crippen LogP contribution in [-0.2, 0) is 9.53 Å². The summed E-state index contributed by atoms with van der Waals surface area (Å²) in [6.07, 6.45) is -1.04. The van der Waals surface area contributed by atoms with Gasteiger partial charge in [-0.05, 0) is 43.3 Å². The summed E-state index contributed by atoms with van der Waals surface area (Å²) in [5, 5.41) is 4.74. The average molecular weight is 414 g/mol. The third-order valence-electron chi connectivity index (χ3n) is 4.10. The Balaban J connectivity index is 1.37. The van der Waals surface area contributed by atoms with Crippen molar-refractivity contribution in [3.8, 4) is 22.1 Å². The number of carbonyl (C=O) groups excluding carboxylic acids is 2. The van der Waals surface area contributed by atoms with E-state index in [1.54, 1.807) is 30.3 Å². The number of hydrogen-bond acceptors (Lipinski definition) is 7. The van der Waals surface area contributed by atoms with Gasteiger partial charge < -0.3 is 19.5 Å². The molecule has 148 valence electrons. The number of aromatic nitrogens is 1. The van der Waals surface area contributed by atoms with Crippen molar-refractivity contribution in [2.75, 3.05) is 12.1 Å². The highest BCUT2D eigenvalue weighted by molar-refractivity contribution is 7.13. The lowest BCUT2D eigenvalue weighted by Crippen LogP contribution is -2.30. The number of ether oxygens (including phenoxy) is 3. The second-order valence-electron chi connectivity index (χ2n) is 6.15. The van der Waals surface area contributed by atoms with Crippen molar-refractivity contribution < 1.29 is 28.2 Å². The van der Waals surface area contributed by atoms with Crippen molar-refractivity contribution >= 4 is 28.9 Å². The molecule has 1 atom stereocenters. The minimum absolute atomic E-state index is 0.0806. The molecule has 0 unspecified atom stereocenters. The molecule has 0 spiro atoms. The molecule has 9 heteroatoms. The molecule has 1 N–H and O–H groups in total. The first-order chi connectivity index (χ1) is 14.0. The van der Waals surface area contributed by atoms with Gasteiger partial charge in [0.05, 0.1) is 0 Å². The number of fused-ring (bicyclic) bond motifs is 1. The lowest BCUT2D eigenvalue weighted by atomic mass is 10.2. The van der Waals surface area contributed by atoms with E-state index in [1.165, 1.54) is 35.8 Å². The average Bonchev–Trinajstić information content (AvgIpc) is 3.37. The molecule has 0 saturated heterocycles. The standard InChI is InChI=1S/C20H15FN2O5S/c1-11(18(24)22-14-6-7-16-17(8-14)27-10-26-16)28-20(25)15-9-29-19(23-15)12-2-4-13(21)5-3-12/h2-9,11H,10H2,1H3,(H,22,24)/t11-/m1/s1. The fraction of sp³-hybridized carbons (Fsp3) is 0.150. The molecule has 0 fully saturated rings. The smallest absolute Gasteiger partial charge is 0.358 e. The van der Waals surface area contributed by atoms with Crippen molar-refractivity contribution in [1.82, 2.24) is 4.98 Å². The van der Waals surface area contributed by atoms with Crippen LogP contribution in [0, 0.1) is 5.82 Å². The summed E-state index contributed by atoms with van der Waals surface area (Å²) in [4.78, 5) is 28.8. The molecule has 2 aromatic carbocycles. The summed E-state index contributed by atoms with van der Waals surface area (Å²) >= 11 is 1.23. The van der Waals surface area contributed by atoms with Gasteiger partial charge in [0.15, 0.2) is 23.3 Å². The van der Waals surface area contributed by atoms with Crippen LogP contribution in [0.4, 0.5) is 10.1 Å². The second kappa shape index (κ2) is 7.88. The van der Waals surface area contributed by atoms with Crippen molar-refractivity contribution in [1.29, 1.82) is 0 Å². The number of nitrogens with one attached hydrogen (secondary N) is 1. The Labute approximate surface area is 169 Å². The largest absolute Gasteiger partial charge is 0.454 e. The Hall–Kier alpha value is -3.46. The number of nitrogens with zero attached hydrogens (tertiary/aromatic N) is 1. The highest BCUT2D eigenvalue weighted by Gasteiger charge is 2.22. The van der Waals surface area contributed by atoms with Crippen LogP contribution in [0.2, 0.25) is 0 Å². The number of thiazole rings is 1. The zero-order valence-corrected chi connectivity index (χ0v) is 16.0. The molecule has 0 bridgehead atoms. The van der Waals surface area contributed by atoms with Crippen molar-refractivity contribution in [2.45, 2.75) is 13.0 Å². The Morgan fingerprint density at radius 1 is 1.17 bits per heavy atom. The predicted octanol–water partition coefficient (Wildman–Crippen LogP) is 3.86. The molecule has 7 nitrogen and oxygen atoms in total. The molecule has 1 aliphatic rings. The fourth-order valence-electron chi connectivity index (χ4n) is 2.59. The van der Waals surface area contributed by atoms with Gasteiger partial charge in [-0.2, -0.15) is 0 Å². The van der Waals surface area contributed by atoms with Crippen LogP contribution in [-0.4, -0.2) is 29.8 Å². The SMILES string of the molecule is C[C@@H](OC(=O)c1csc(-c2ccc(F)cc2)n1)C(=O)Nc1ccc2c(c1)OCO2. The molecule has 1 aromatic heterocycles. The molecule has 0 saturated carbocycles. The number of anilines is 1. The zero-order valence-electron chi connectivity index (χ0n) is 15.2. The van der Waals surface area contributed by atoms with Crippen molar-refractivity contribution in [3.63, 3.8) is 0 Å². The van der Waals surface area contributed by atoms with E-state index in [0.717, 1.165) is 0 Å². The van der Waals surface area contributed by atoms with E-state index < -0.39 is 18.0 Å². The minimum atomic E-state index is -1.04. The van der Waals surface area contributed by atoms with Crippen molar-refractivity contribution in [3.05, 3.63) is 59.4 Å². The summed E-state index contributed by atoms with van der Waals surface area (Å²) < 4.78 is 28.7. The van der Waals surface area contributed by atoms with Crippen LogP contribution >= 0.6 is 11.3 Å². The molecule has 0 aliphatic carbocycles. The van der Waals surface area contributed by atoms with E-state index in [9.17, 15) is 14.0 Å². The monoisotopic (exact) mass is 414 g/mol. The van der Waals surface area contributed by atoms with E-state index >= 15 is 0 Å². The topological polar surface area (TPSA) is 86.8 Å². The molecule has 2 heterocycles. The van der Waals surface area contributed by atoms with Gasteiger partial charge in [0.2, 0.25) is 6.79 Å². The number of carbonyl (C=O) groups is 2. The lowest BCUT2D eigenvalue weighted by molar-refractivity contribution is -0.123. The van der Waals surface area contributed by atoms with Crippen LogP contribution in [0.15, 0.2) is 47.8 Å². The molecule has 0 radical (unpaired) electrons. The van der Waals surface area contributed by atoms with Crippen LogP contribution < -0.4 is 14.8 Å². The molecular weight excluding hydrogens is 399 g/mol. The Kier molecular flexibility index (Phi) is 5.13. The first-order valence-electron chi connectivity index (χ1n) is 8.62. The third-order valence-corrected chi connectivity index (χ3v) is 4.99. The number of amides is 1. The van der Waals surface area contributed by atoms with E-state index in [4.69, 9.17) is 14.2 Å². The van der Waals surface area contributed by atoms with E-state index in [1.807, 2.05) is 0 Å². The first-order valence-corrected chi connectivity index (χ1v) is 9.50. The predicted molar refractivity (Wildman–Crippen MR) is 104 cm³/mol. The zero-order chi connectivity index (χ0) is 20.4. The highest BCUT2D eigenvalue weighted by atomic mass is 32.1. The second-order valence-corrected chi connectivity index (χ2v) is 7.01. The minimum Gasteiger partial charge on any atom is -0.454 e. The summed E-state index contributed by atoms with van der Waals surface area (Å²) in [5.41, 5.74) is 1.26. The normalized spacial score (nSPS) is 13.0. The summed E-state index contributed by atoms with van der Waals surface area (Å²) in [6, 6.07) is 10.8. The molecule has 1 aliphatic heterocycles. The summed E-state index contributed by atoms with van der Waals surface area (Å²) in [6.45, 7) is 1.60. The molecule has 1 amide bonds. The van der Waals surface area contributed by atoms with Gasteiger partial charge in [-0.25, -0.2) is 14.2 Å². The molecule has 4 rings (SSSR count).